The molecule has 0 saturated carbocycles. The van der Waals surface area contributed by atoms with Crippen LogP contribution < -0.4 is 5.73 Å². The molecule has 18 heavy (non-hydrogen) atoms. The van der Waals surface area contributed by atoms with Crippen LogP contribution in [0.15, 0.2) is 0 Å². The van der Waals surface area contributed by atoms with Gasteiger partial charge in [0, 0.05) is 19.1 Å². The van der Waals surface area contributed by atoms with Crippen LogP contribution in [0.25, 0.3) is 0 Å². The number of rotatable bonds is 3. The van der Waals surface area contributed by atoms with Crippen LogP contribution in [-0.4, -0.2) is 54.6 Å². The van der Waals surface area contributed by atoms with E-state index in [0.717, 1.165) is 31.5 Å². The molecule has 0 aromatic heterocycles. The molecule has 0 amide bonds. The summed E-state index contributed by atoms with van der Waals surface area (Å²) in [5, 5.41) is 8.95. The Morgan fingerprint density at radius 2 is 2.17 bits per heavy atom. The van der Waals surface area contributed by atoms with Gasteiger partial charge in [0.15, 0.2) is 0 Å². The Labute approximate surface area is 111 Å². The van der Waals surface area contributed by atoms with Gasteiger partial charge in [0.1, 0.15) is 5.54 Å². The van der Waals surface area contributed by atoms with Gasteiger partial charge in [-0.25, -0.2) is 0 Å². The fourth-order valence-corrected chi connectivity index (χ4v) is 3.38. The van der Waals surface area contributed by atoms with Gasteiger partial charge in [0.05, 0.1) is 6.07 Å². The molecule has 0 spiro atoms. The number of likely N-dealkylation sites (tertiary alicyclic amines) is 2. The standard InChI is InChI=1S/C14H26N4/c1-14(16,11-15)6-9-18-8-5-13-12(10-18)4-3-7-17(13)2/h12-13H,3-10,16H2,1-2H3. The maximum absolute atomic E-state index is 8.95. The fraction of sp³-hybridized carbons (Fsp3) is 0.929. The molecule has 0 aliphatic carbocycles. The van der Waals surface area contributed by atoms with Gasteiger partial charge in [-0.2, -0.15) is 5.26 Å². The zero-order valence-electron chi connectivity index (χ0n) is 11.7. The van der Waals surface area contributed by atoms with E-state index in [-0.39, 0.29) is 0 Å². The number of nitriles is 1. The average Bonchev–Trinajstić information content (AvgIpc) is 2.37. The first-order valence-corrected chi connectivity index (χ1v) is 7.14. The first-order valence-electron chi connectivity index (χ1n) is 7.14. The molecule has 0 aromatic carbocycles. The second kappa shape index (κ2) is 5.56. The predicted molar refractivity (Wildman–Crippen MR) is 73.0 cm³/mol. The molecule has 2 N–H and O–H groups in total. The highest BCUT2D eigenvalue weighted by atomic mass is 15.2. The molecule has 2 saturated heterocycles. The molecule has 0 radical (unpaired) electrons. The largest absolute Gasteiger partial charge is 0.314 e. The van der Waals surface area contributed by atoms with Crippen molar-refractivity contribution in [2.45, 2.75) is 44.2 Å². The Bertz CT molecular complexity index is 320. The first kappa shape index (κ1) is 13.8. The van der Waals surface area contributed by atoms with Crippen molar-refractivity contribution in [1.29, 1.82) is 5.26 Å². The summed E-state index contributed by atoms with van der Waals surface area (Å²) in [7, 11) is 2.26. The number of fused-ring (bicyclic) bond motifs is 1. The van der Waals surface area contributed by atoms with Crippen molar-refractivity contribution < 1.29 is 0 Å². The van der Waals surface area contributed by atoms with Crippen molar-refractivity contribution in [3.63, 3.8) is 0 Å². The first-order chi connectivity index (χ1) is 8.52. The van der Waals surface area contributed by atoms with E-state index in [9.17, 15) is 0 Å². The zero-order chi connectivity index (χ0) is 13.2. The van der Waals surface area contributed by atoms with Gasteiger partial charge in [0.2, 0.25) is 0 Å². The van der Waals surface area contributed by atoms with Gasteiger partial charge in [0.25, 0.3) is 0 Å². The van der Waals surface area contributed by atoms with Crippen LogP contribution in [0.1, 0.15) is 32.6 Å². The lowest BCUT2D eigenvalue weighted by molar-refractivity contribution is 0.0369. The van der Waals surface area contributed by atoms with Crippen LogP contribution >= 0.6 is 0 Å². The van der Waals surface area contributed by atoms with Crippen LogP contribution in [0.5, 0.6) is 0 Å². The van der Waals surface area contributed by atoms with Crippen molar-refractivity contribution in [2.75, 3.05) is 33.2 Å². The van der Waals surface area contributed by atoms with E-state index in [1.54, 1.807) is 0 Å². The summed E-state index contributed by atoms with van der Waals surface area (Å²) in [4.78, 5) is 5.04. The van der Waals surface area contributed by atoms with Gasteiger partial charge in [-0.05, 0) is 58.7 Å². The number of piperidine rings is 2. The molecule has 2 aliphatic rings. The third-order valence-corrected chi connectivity index (χ3v) is 4.63. The molecular formula is C14H26N4. The molecule has 0 bridgehead atoms. The Balaban J connectivity index is 1.82. The molecule has 3 unspecified atom stereocenters. The molecule has 3 atom stereocenters. The second-order valence-corrected chi connectivity index (χ2v) is 6.32. The van der Waals surface area contributed by atoms with Crippen molar-refractivity contribution in [3.05, 3.63) is 0 Å². The summed E-state index contributed by atoms with van der Waals surface area (Å²) < 4.78 is 0. The molecule has 2 rings (SSSR count). The minimum absolute atomic E-state index is 0.666. The average molecular weight is 250 g/mol. The third-order valence-electron chi connectivity index (χ3n) is 4.63. The smallest absolute Gasteiger partial charge is 0.102 e. The van der Waals surface area contributed by atoms with Crippen LogP contribution in [0, 0.1) is 17.2 Å². The minimum Gasteiger partial charge on any atom is -0.314 e. The summed E-state index contributed by atoms with van der Waals surface area (Å²) in [5.41, 5.74) is 5.22. The lowest BCUT2D eigenvalue weighted by Crippen LogP contribution is -2.53. The quantitative estimate of drug-likeness (QED) is 0.813. The van der Waals surface area contributed by atoms with Gasteiger partial charge in [-0.3, -0.25) is 0 Å². The zero-order valence-corrected chi connectivity index (χ0v) is 11.7. The summed E-state index contributed by atoms with van der Waals surface area (Å²) >= 11 is 0. The highest BCUT2D eigenvalue weighted by molar-refractivity contribution is 5.01. The summed E-state index contributed by atoms with van der Waals surface area (Å²) in [6, 6.07) is 2.97. The van der Waals surface area contributed by atoms with Crippen LogP contribution in [-0.2, 0) is 0 Å². The SMILES string of the molecule is CN1CCCC2CN(CCC(C)(N)C#N)CCC21. The van der Waals surface area contributed by atoms with E-state index in [0.29, 0.717) is 0 Å². The summed E-state index contributed by atoms with van der Waals surface area (Å²) in [6.45, 7) is 6.40. The topological polar surface area (TPSA) is 56.3 Å². The van der Waals surface area contributed by atoms with Gasteiger partial charge in [-0.1, -0.05) is 0 Å². The molecule has 4 nitrogen and oxygen atoms in total. The van der Waals surface area contributed by atoms with Crippen molar-refractivity contribution >= 4 is 0 Å². The van der Waals surface area contributed by atoms with E-state index in [2.05, 4.69) is 22.9 Å². The number of nitrogens with zero attached hydrogens (tertiary/aromatic N) is 3. The van der Waals surface area contributed by atoms with Crippen LogP contribution in [0.2, 0.25) is 0 Å². The fourth-order valence-electron chi connectivity index (χ4n) is 3.38. The highest BCUT2D eigenvalue weighted by Crippen LogP contribution is 2.29. The normalized spacial score (nSPS) is 33.4. The lowest BCUT2D eigenvalue weighted by atomic mass is 9.84. The van der Waals surface area contributed by atoms with Crippen molar-refractivity contribution in [2.24, 2.45) is 11.7 Å². The van der Waals surface area contributed by atoms with Gasteiger partial charge >= 0.3 is 0 Å². The Kier molecular flexibility index (Phi) is 4.26. The predicted octanol–water partition coefficient (Wildman–Crippen LogP) is 1.03. The Hall–Kier alpha value is -0.630. The lowest BCUT2D eigenvalue weighted by Gasteiger charge is -2.46. The third kappa shape index (κ3) is 3.23. The number of hydrogen-bond acceptors (Lipinski definition) is 4. The van der Waals surface area contributed by atoms with E-state index in [1.807, 2.05) is 6.92 Å². The summed E-state index contributed by atoms with van der Waals surface area (Å²) in [5.74, 6) is 0.823. The molecular weight excluding hydrogens is 224 g/mol. The molecule has 2 heterocycles. The number of nitrogens with two attached hydrogens (primary N) is 1. The minimum atomic E-state index is -0.666. The molecule has 0 aromatic rings. The van der Waals surface area contributed by atoms with Gasteiger partial charge < -0.3 is 15.5 Å². The Morgan fingerprint density at radius 3 is 2.89 bits per heavy atom. The monoisotopic (exact) mass is 250 g/mol. The van der Waals surface area contributed by atoms with E-state index in [1.165, 1.54) is 32.4 Å². The van der Waals surface area contributed by atoms with Crippen molar-refractivity contribution in [1.82, 2.24) is 9.80 Å². The van der Waals surface area contributed by atoms with Gasteiger partial charge in [-0.15, -0.1) is 0 Å². The second-order valence-electron chi connectivity index (χ2n) is 6.32. The molecule has 2 aliphatic heterocycles. The van der Waals surface area contributed by atoms with Crippen LogP contribution in [0.4, 0.5) is 0 Å². The molecule has 102 valence electrons. The number of hydrogen-bond donors (Lipinski definition) is 1. The maximum atomic E-state index is 8.95. The van der Waals surface area contributed by atoms with E-state index < -0.39 is 5.54 Å². The van der Waals surface area contributed by atoms with Crippen molar-refractivity contribution in [3.8, 4) is 6.07 Å². The van der Waals surface area contributed by atoms with Crippen LogP contribution in [0.3, 0.4) is 0 Å². The van der Waals surface area contributed by atoms with E-state index >= 15 is 0 Å². The van der Waals surface area contributed by atoms with E-state index in [4.69, 9.17) is 11.0 Å². The highest BCUT2D eigenvalue weighted by Gasteiger charge is 2.34. The molecule has 2 fully saturated rings. The molecule has 4 heteroatoms. The Morgan fingerprint density at radius 1 is 1.39 bits per heavy atom. The summed E-state index contributed by atoms with van der Waals surface area (Å²) in [6.07, 6.45) is 4.74. The maximum Gasteiger partial charge on any atom is 0.102 e.